The quantitative estimate of drug-likeness (QED) is 0.644. The maximum Gasteiger partial charge on any atom is 0.561 e. The average molecular weight is 333 g/mol. The highest BCUT2D eigenvalue weighted by atomic mass is 19.4. The Morgan fingerprint density at radius 3 is 1.95 bits per heavy atom. The van der Waals surface area contributed by atoms with Crippen LogP contribution in [0.1, 0.15) is 18.5 Å². The largest absolute Gasteiger partial charge is 0.561 e. The van der Waals surface area contributed by atoms with Crippen molar-refractivity contribution in [2.45, 2.75) is 31.2 Å². The first kappa shape index (κ1) is 18.2. The first-order valence-corrected chi connectivity index (χ1v) is 5.92. The third kappa shape index (κ3) is 4.33. The van der Waals surface area contributed by atoms with Gasteiger partial charge in [0.25, 0.3) is 0 Å². The van der Waals surface area contributed by atoms with Crippen LogP contribution in [0.25, 0.3) is 0 Å². The van der Waals surface area contributed by atoms with E-state index in [1.807, 2.05) is 0 Å². The number of nitrogens with two attached hydrogens (primary N) is 1. The normalized spacial score (nSPS) is 16.7. The number of nitrogens with one attached hydrogen (secondary N) is 1. The fourth-order valence-electron chi connectivity index (χ4n) is 1.63. The van der Waals surface area contributed by atoms with Gasteiger partial charge in [0.2, 0.25) is 0 Å². The Bertz CT molecular complexity index is 514. The summed E-state index contributed by atoms with van der Waals surface area (Å²) in [6, 6.07) is 6.34. The van der Waals surface area contributed by atoms with Crippen molar-refractivity contribution in [2.24, 2.45) is 0 Å². The van der Waals surface area contributed by atoms with Gasteiger partial charge in [-0.1, -0.05) is 30.3 Å². The zero-order chi connectivity index (χ0) is 17.2. The molecule has 0 aliphatic heterocycles. The highest BCUT2D eigenvalue weighted by Crippen LogP contribution is 2.30. The molecule has 1 amide bonds. The summed E-state index contributed by atoms with van der Waals surface area (Å²) in [4.78, 5) is 11.4. The summed E-state index contributed by atoms with van der Waals surface area (Å²) in [6.07, 6.45) is -11.7. The van der Waals surface area contributed by atoms with Crippen LogP contribution >= 0.6 is 0 Å². The van der Waals surface area contributed by atoms with E-state index in [9.17, 15) is 35.5 Å². The van der Waals surface area contributed by atoms with Gasteiger partial charge in [-0.25, -0.2) is 5.32 Å². The van der Waals surface area contributed by atoms with Crippen molar-refractivity contribution >= 4 is 5.91 Å². The topological polar surface area (TPSA) is 45.7 Å². The molecule has 0 heterocycles. The van der Waals surface area contributed by atoms with Gasteiger partial charge in [-0.3, -0.25) is 4.79 Å². The Hall–Kier alpha value is -1.84. The molecular weight excluding hydrogens is 321 g/mol. The van der Waals surface area contributed by atoms with Gasteiger partial charge < -0.3 is 5.32 Å². The predicted molar refractivity (Wildman–Crippen MR) is 60.9 cm³/mol. The Labute approximate surface area is 120 Å². The molecular formula is C12H12F7N2O+. The number of carbonyl (C=O) groups excluding carboxylic acids is 1. The van der Waals surface area contributed by atoms with Gasteiger partial charge in [0.05, 0.1) is 6.04 Å². The number of halogens is 7. The van der Waals surface area contributed by atoms with Crippen molar-refractivity contribution in [1.82, 2.24) is 5.32 Å². The van der Waals surface area contributed by atoms with Crippen LogP contribution in [0.5, 0.6) is 0 Å². The van der Waals surface area contributed by atoms with Gasteiger partial charge in [-0.15, -0.1) is 13.2 Å². The van der Waals surface area contributed by atoms with E-state index in [-0.39, 0.29) is 0 Å². The SMILES string of the molecule is C[C@H](NC(=O)[C@@](F)([NH2+]C(F)(F)F)C(F)(F)F)c1ccccc1. The van der Waals surface area contributed by atoms with Gasteiger partial charge in [0.1, 0.15) is 0 Å². The lowest BCUT2D eigenvalue weighted by atomic mass is 10.1. The zero-order valence-corrected chi connectivity index (χ0v) is 11.1. The molecule has 0 unspecified atom stereocenters. The van der Waals surface area contributed by atoms with Gasteiger partial charge in [0.15, 0.2) is 0 Å². The molecule has 1 aromatic rings. The van der Waals surface area contributed by atoms with E-state index < -0.39 is 35.5 Å². The Morgan fingerprint density at radius 2 is 1.55 bits per heavy atom. The number of benzene rings is 1. The van der Waals surface area contributed by atoms with Crippen molar-refractivity contribution in [2.75, 3.05) is 0 Å². The molecule has 22 heavy (non-hydrogen) atoms. The lowest BCUT2D eigenvalue weighted by molar-refractivity contribution is -0.883. The van der Waals surface area contributed by atoms with Crippen molar-refractivity contribution in [3.63, 3.8) is 0 Å². The van der Waals surface area contributed by atoms with Crippen molar-refractivity contribution in [3.8, 4) is 0 Å². The van der Waals surface area contributed by atoms with E-state index in [0.29, 0.717) is 5.56 Å². The van der Waals surface area contributed by atoms with Crippen LogP contribution in [0.4, 0.5) is 30.7 Å². The molecule has 0 saturated heterocycles. The van der Waals surface area contributed by atoms with Crippen LogP contribution < -0.4 is 10.6 Å². The lowest BCUT2D eigenvalue weighted by Gasteiger charge is -2.26. The smallest absolute Gasteiger partial charge is 0.341 e. The highest BCUT2D eigenvalue weighted by molar-refractivity contribution is 5.84. The van der Waals surface area contributed by atoms with Crippen molar-refractivity contribution in [3.05, 3.63) is 35.9 Å². The van der Waals surface area contributed by atoms with E-state index in [1.54, 1.807) is 11.4 Å². The van der Waals surface area contributed by atoms with Gasteiger partial charge in [-0.2, -0.15) is 17.6 Å². The molecule has 0 saturated carbocycles. The standard InChI is InChI=1S/C12H11F7N2O/c1-7(8-5-3-2-4-6-8)20-9(22)10(13,11(14,15)16)21-12(17,18)19/h2-7,21H,1H3,(H,20,22)/p+1/t7-,10+/m0/s1. The molecule has 0 radical (unpaired) electrons. The molecule has 1 rings (SSSR count). The number of hydrogen-bond acceptors (Lipinski definition) is 1. The third-order valence-electron chi connectivity index (χ3n) is 2.75. The second-order valence-electron chi connectivity index (χ2n) is 4.50. The lowest BCUT2D eigenvalue weighted by Crippen LogP contribution is -3.07. The minimum Gasteiger partial charge on any atom is -0.341 e. The molecule has 0 fully saturated rings. The molecule has 2 atom stereocenters. The van der Waals surface area contributed by atoms with E-state index in [2.05, 4.69) is 0 Å². The summed E-state index contributed by atoms with van der Waals surface area (Å²) < 4.78 is 87.8. The summed E-state index contributed by atoms with van der Waals surface area (Å²) >= 11 is 0. The fourth-order valence-corrected chi connectivity index (χ4v) is 1.63. The van der Waals surface area contributed by atoms with E-state index in [1.165, 1.54) is 31.2 Å². The van der Waals surface area contributed by atoms with Crippen LogP contribution in [0.2, 0.25) is 0 Å². The number of quaternary nitrogens is 1. The van der Waals surface area contributed by atoms with Crippen LogP contribution in [0, 0.1) is 0 Å². The van der Waals surface area contributed by atoms with Gasteiger partial charge >= 0.3 is 24.2 Å². The van der Waals surface area contributed by atoms with E-state index >= 15 is 0 Å². The molecule has 0 aliphatic rings. The minimum absolute atomic E-state index is 0.312. The summed E-state index contributed by atoms with van der Waals surface area (Å²) in [5.41, 5.74) is 0.312. The average Bonchev–Trinajstić information content (AvgIpc) is 2.36. The maximum atomic E-state index is 13.8. The van der Waals surface area contributed by atoms with E-state index in [0.717, 1.165) is 0 Å². The molecule has 0 spiro atoms. The van der Waals surface area contributed by atoms with Crippen LogP contribution in [0.15, 0.2) is 30.3 Å². The maximum absolute atomic E-state index is 13.8. The monoisotopic (exact) mass is 333 g/mol. The molecule has 3 N–H and O–H groups in total. The number of hydrogen-bond donors (Lipinski definition) is 2. The van der Waals surface area contributed by atoms with Crippen molar-refractivity contribution in [1.29, 1.82) is 0 Å². The van der Waals surface area contributed by atoms with Gasteiger partial charge in [-0.05, 0) is 12.5 Å². The van der Waals surface area contributed by atoms with Gasteiger partial charge in [0, 0.05) is 0 Å². The summed E-state index contributed by atoms with van der Waals surface area (Å²) in [5, 5.41) is -0.00340. The molecule has 0 aromatic heterocycles. The molecule has 0 aliphatic carbocycles. The molecule has 124 valence electrons. The van der Waals surface area contributed by atoms with Crippen LogP contribution in [-0.2, 0) is 4.79 Å². The highest BCUT2D eigenvalue weighted by Gasteiger charge is 2.70. The van der Waals surface area contributed by atoms with E-state index in [4.69, 9.17) is 0 Å². The molecule has 1 aromatic carbocycles. The number of rotatable bonds is 4. The number of alkyl halides is 7. The number of amides is 1. The number of carbonyl (C=O) groups is 1. The molecule has 0 bridgehead atoms. The second-order valence-corrected chi connectivity index (χ2v) is 4.50. The second kappa shape index (κ2) is 6.11. The van der Waals surface area contributed by atoms with Crippen LogP contribution in [0.3, 0.4) is 0 Å². The zero-order valence-electron chi connectivity index (χ0n) is 11.1. The van der Waals surface area contributed by atoms with Crippen LogP contribution in [-0.4, -0.2) is 24.2 Å². The molecule has 10 heteroatoms. The summed E-state index contributed by atoms with van der Waals surface area (Å²) in [5.74, 6) is -7.58. The third-order valence-corrected chi connectivity index (χ3v) is 2.75. The summed E-state index contributed by atoms with van der Waals surface area (Å²) in [7, 11) is 0. The first-order chi connectivity index (χ1) is 9.87. The Morgan fingerprint density at radius 1 is 1.05 bits per heavy atom. The minimum atomic E-state index is -6.04. The Balaban J connectivity index is 2.99. The molecule has 3 nitrogen and oxygen atoms in total. The predicted octanol–water partition coefficient (Wildman–Crippen LogP) is 2.18. The fraction of sp³-hybridized carbons (Fsp3) is 0.417. The Kier molecular flexibility index (Phi) is 5.06. The summed E-state index contributed by atoms with van der Waals surface area (Å²) in [6.45, 7) is 1.22. The first-order valence-electron chi connectivity index (χ1n) is 5.92. The van der Waals surface area contributed by atoms with Crippen molar-refractivity contribution < 1.29 is 40.8 Å².